The van der Waals surface area contributed by atoms with Gasteiger partial charge in [0.25, 0.3) is 5.91 Å². The number of oxime groups is 1. The molecule has 0 unspecified atom stereocenters. The van der Waals surface area contributed by atoms with Gasteiger partial charge in [-0.05, 0) is 31.2 Å². The van der Waals surface area contributed by atoms with Gasteiger partial charge in [0.2, 0.25) is 11.8 Å². The van der Waals surface area contributed by atoms with Gasteiger partial charge in [-0.15, -0.1) is 0 Å². The Morgan fingerprint density at radius 1 is 1.10 bits per heavy atom. The number of rotatable bonds is 7. The van der Waals surface area contributed by atoms with Crippen molar-refractivity contribution in [1.29, 1.82) is 0 Å². The van der Waals surface area contributed by atoms with Gasteiger partial charge in [-0.2, -0.15) is 0 Å². The van der Waals surface area contributed by atoms with Crippen molar-refractivity contribution in [1.82, 2.24) is 15.3 Å². The zero-order chi connectivity index (χ0) is 22.4. The number of hydrogen-bond donors (Lipinski definition) is 1. The summed E-state index contributed by atoms with van der Waals surface area (Å²) in [5.74, 6) is -0.617. The number of nitrogens with one attached hydrogen (secondary N) is 1. The number of nitrogens with zero attached hydrogens (tertiary/aromatic N) is 3. The van der Waals surface area contributed by atoms with Crippen molar-refractivity contribution in [2.45, 2.75) is 6.92 Å². The van der Waals surface area contributed by atoms with Crippen molar-refractivity contribution in [3.63, 3.8) is 0 Å². The number of halogens is 2. The summed E-state index contributed by atoms with van der Waals surface area (Å²) in [4.78, 5) is 25.0. The molecule has 8 nitrogen and oxygen atoms in total. The SMILES string of the molecule is CNC(=O)C(=NOC)c1c(F)cccc1Oc1cc(Oc2cccc(Cl)c2C)ncn1. The monoisotopic (exact) mass is 444 g/mol. The van der Waals surface area contributed by atoms with Gasteiger partial charge in [-0.25, -0.2) is 14.4 Å². The number of hydrogen-bond acceptors (Lipinski definition) is 7. The molecule has 3 aromatic rings. The molecule has 0 saturated carbocycles. The smallest absolute Gasteiger partial charge is 0.273 e. The molecule has 1 aromatic heterocycles. The van der Waals surface area contributed by atoms with E-state index in [0.717, 1.165) is 5.56 Å². The summed E-state index contributed by atoms with van der Waals surface area (Å²) < 4.78 is 26.1. The summed E-state index contributed by atoms with van der Waals surface area (Å²) in [6, 6.07) is 10.7. The maximum Gasteiger partial charge on any atom is 0.273 e. The van der Waals surface area contributed by atoms with Crippen LogP contribution in [0, 0.1) is 12.7 Å². The van der Waals surface area contributed by atoms with Crippen molar-refractivity contribution in [3.8, 4) is 23.3 Å². The lowest BCUT2D eigenvalue weighted by molar-refractivity contribution is -0.114. The average molecular weight is 445 g/mol. The fourth-order valence-corrected chi connectivity index (χ4v) is 2.75. The number of amides is 1. The van der Waals surface area contributed by atoms with Gasteiger partial charge in [0, 0.05) is 17.6 Å². The van der Waals surface area contributed by atoms with Crippen LogP contribution in [0.3, 0.4) is 0 Å². The van der Waals surface area contributed by atoms with E-state index in [9.17, 15) is 9.18 Å². The lowest BCUT2D eigenvalue weighted by Crippen LogP contribution is -2.29. The molecule has 1 amide bonds. The van der Waals surface area contributed by atoms with Gasteiger partial charge < -0.3 is 19.6 Å². The summed E-state index contributed by atoms with van der Waals surface area (Å²) in [5, 5.41) is 6.57. The Hall–Kier alpha value is -3.72. The zero-order valence-corrected chi connectivity index (χ0v) is 17.6. The minimum Gasteiger partial charge on any atom is -0.438 e. The molecule has 0 spiro atoms. The van der Waals surface area contributed by atoms with Gasteiger partial charge in [-0.3, -0.25) is 4.79 Å². The molecule has 1 N–H and O–H groups in total. The fraction of sp³-hybridized carbons (Fsp3) is 0.143. The third-order valence-electron chi connectivity index (χ3n) is 4.10. The average Bonchev–Trinajstić information content (AvgIpc) is 2.76. The Morgan fingerprint density at radius 2 is 1.74 bits per heavy atom. The Bertz CT molecular complexity index is 1140. The van der Waals surface area contributed by atoms with E-state index in [1.54, 1.807) is 18.2 Å². The number of carbonyl (C=O) groups is 1. The second-order valence-electron chi connectivity index (χ2n) is 6.08. The number of ether oxygens (including phenoxy) is 2. The number of aromatic nitrogens is 2. The number of likely N-dealkylation sites (N-methyl/N-ethyl adjacent to an activating group) is 1. The van der Waals surface area contributed by atoms with Crippen LogP contribution in [0.4, 0.5) is 4.39 Å². The van der Waals surface area contributed by atoms with Crippen LogP contribution in [0.2, 0.25) is 5.02 Å². The van der Waals surface area contributed by atoms with Gasteiger partial charge in [0.15, 0.2) is 5.71 Å². The van der Waals surface area contributed by atoms with E-state index in [4.69, 9.17) is 25.9 Å². The molecule has 1 heterocycles. The molecule has 0 saturated heterocycles. The molecule has 0 atom stereocenters. The topological polar surface area (TPSA) is 94.9 Å². The van der Waals surface area contributed by atoms with Crippen LogP contribution >= 0.6 is 11.6 Å². The van der Waals surface area contributed by atoms with Crippen LogP contribution in [-0.2, 0) is 9.63 Å². The third kappa shape index (κ3) is 5.07. The predicted molar refractivity (Wildman–Crippen MR) is 112 cm³/mol. The maximum atomic E-state index is 14.6. The lowest BCUT2D eigenvalue weighted by atomic mass is 10.1. The normalized spacial score (nSPS) is 11.1. The Balaban J connectivity index is 1.94. The molecule has 31 heavy (non-hydrogen) atoms. The summed E-state index contributed by atoms with van der Waals surface area (Å²) in [6.07, 6.45) is 1.23. The van der Waals surface area contributed by atoms with Crippen LogP contribution in [0.25, 0.3) is 0 Å². The lowest BCUT2D eigenvalue weighted by Gasteiger charge is -2.13. The van der Waals surface area contributed by atoms with E-state index in [-0.39, 0.29) is 28.8 Å². The molecule has 2 aromatic carbocycles. The van der Waals surface area contributed by atoms with Gasteiger partial charge in [0.1, 0.15) is 30.8 Å². The molecule has 0 aliphatic heterocycles. The van der Waals surface area contributed by atoms with E-state index < -0.39 is 11.7 Å². The third-order valence-corrected chi connectivity index (χ3v) is 4.51. The van der Waals surface area contributed by atoms with Crippen LogP contribution in [0.1, 0.15) is 11.1 Å². The van der Waals surface area contributed by atoms with E-state index in [1.807, 2.05) is 6.92 Å². The van der Waals surface area contributed by atoms with E-state index in [0.29, 0.717) is 10.8 Å². The molecule has 10 heteroatoms. The van der Waals surface area contributed by atoms with Gasteiger partial charge in [-0.1, -0.05) is 28.9 Å². The van der Waals surface area contributed by atoms with Crippen LogP contribution in [-0.4, -0.2) is 35.7 Å². The van der Waals surface area contributed by atoms with Crippen molar-refractivity contribution in [2.75, 3.05) is 14.2 Å². The minimum absolute atomic E-state index is 0.00276. The molecule has 160 valence electrons. The maximum absolute atomic E-state index is 14.6. The van der Waals surface area contributed by atoms with E-state index in [2.05, 4.69) is 20.4 Å². The van der Waals surface area contributed by atoms with E-state index in [1.165, 1.54) is 44.8 Å². The van der Waals surface area contributed by atoms with Crippen molar-refractivity contribution < 1.29 is 23.5 Å². The van der Waals surface area contributed by atoms with Crippen LogP contribution in [0.15, 0.2) is 53.9 Å². The summed E-state index contributed by atoms with van der Waals surface area (Å²) in [5.41, 5.74) is 0.261. The second-order valence-corrected chi connectivity index (χ2v) is 6.48. The minimum atomic E-state index is -0.725. The summed E-state index contributed by atoms with van der Waals surface area (Å²) in [6.45, 7) is 1.81. The Morgan fingerprint density at radius 3 is 2.42 bits per heavy atom. The Kier molecular flexibility index (Phi) is 6.99. The van der Waals surface area contributed by atoms with Crippen molar-refractivity contribution in [3.05, 3.63) is 70.8 Å². The van der Waals surface area contributed by atoms with Crippen LogP contribution in [0.5, 0.6) is 23.3 Å². The first-order valence-electron chi connectivity index (χ1n) is 8.99. The quantitative estimate of drug-likeness (QED) is 0.432. The zero-order valence-electron chi connectivity index (χ0n) is 16.8. The molecule has 0 aliphatic carbocycles. The van der Waals surface area contributed by atoms with Crippen LogP contribution < -0.4 is 14.8 Å². The summed E-state index contributed by atoms with van der Waals surface area (Å²) >= 11 is 6.12. The van der Waals surface area contributed by atoms with E-state index >= 15 is 0 Å². The second kappa shape index (κ2) is 9.86. The molecule has 0 radical (unpaired) electrons. The molecular formula is C21H18ClFN4O4. The molecule has 0 aliphatic rings. The highest BCUT2D eigenvalue weighted by Crippen LogP contribution is 2.31. The standard InChI is InChI=1S/C21H18ClFN4O4/c1-12-13(22)6-4-8-15(12)30-17-10-18(26-11-25-17)31-16-9-5-7-14(23)19(16)20(27-29-3)21(28)24-2/h4-11H,1-3H3,(H,24,28). The fourth-order valence-electron chi connectivity index (χ4n) is 2.59. The summed E-state index contributed by atoms with van der Waals surface area (Å²) in [7, 11) is 2.64. The first-order valence-corrected chi connectivity index (χ1v) is 9.37. The molecule has 0 bridgehead atoms. The predicted octanol–water partition coefficient (Wildman–Crippen LogP) is 4.26. The molecular weight excluding hydrogens is 427 g/mol. The number of benzene rings is 2. The van der Waals surface area contributed by atoms with Crippen molar-refractivity contribution >= 4 is 23.2 Å². The highest BCUT2D eigenvalue weighted by molar-refractivity contribution is 6.45. The van der Waals surface area contributed by atoms with Gasteiger partial charge >= 0.3 is 0 Å². The van der Waals surface area contributed by atoms with Crippen molar-refractivity contribution in [2.24, 2.45) is 5.16 Å². The largest absolute Gasteiger partial charge is 0.438 e. The molecule has 0 fully saturated rings. The highest BCUT2D eigenvalue weighted by Gasteiger charge is 2.23. The number of carbonyl (C=O) groups excluding carboxylic acids is 1. The first kappa shape index (κ1) is 22.0. The van der Waals surface area contributed by atoms with Gasteiger partial charge in [0.05, 0.1) is 11.6 Å². The highest BCUT2D eigenvalue weighted by atomic mass is 35.5. The molecule has 3 rings (SSSR count). The first-order chi connectivity index (χ1) is 14.9. The Labute approximate surface area is 182 Å².